The Morgan fingerprint density at radius 2 is 1.65 bits per heavy atom. The molecule has 1 aromatic carbocycles. The van der Waals surface area contributed by atoms with Crippen molar-refractivity contribution >= 4 is 5.70 Å². The lowest BCUT2D eigenvalue weighted by Crippen LogP contribution is -2.39. The van der Waals surface area contributed by atoms with Crippen molar-refractivity contribution in [3.63, 3.8) is 0 Å². The Balaban J connectivity index is 0.00000334. The van der Waals surface area contributed by atoms with E-state index in [9.17, 15) is 10.2 Å². The molecule has 12 heteroatoms. The van der Waals surface area contributed by atoms with Crippen molar-refractivity contribution < 1.29 is 39.0 Å². The molecule has 2 rings (SSSR count). The quantitative estimate of drug-likeness (QED) is 0.0664. The molecule has 0 aromatic heterocycles. The molecule has 12 nitrogen and oxygen atoms in total. The number of hydrazine groups is 1. The van der Waals surface area contributed by atoms with E-state index in [0.717, 1.165) is 23.9 Å². The average Bonchev–Trinajstić information content (AvgIpc) is 2.93. The largest absolute Gasteiger partial charge is 0.400 e. The summed E-state index contributed by atoms with van der Waals surface area (Å²) >= 11 is 0. The van der Waals surface area contributed by atoms with Gasteiger partial charge in [0.25, 0.3) is 0 Å². The smallest absolute Gasteiger partial charge is 0.160 e. The second-order valence-corrected chi connectivity index (χ2v) is 8.10. The molecule has 1 heterocycles. The summed E-state index contributed by atoms with van der Waals surface area (Å²) in [4.78, 5) is 0. The van der Waals surface area contributed by atoms with E-state index in [4.69, 9.17) is 40.4 Å². The Kier molecular flexibility index (Phi) is 19.9. The zero-order valence-corrected chi connectivity index (χ0v) is 21.8. The van der Waals surface area contributed by atoms with Crippen LogP contribution < -0.4 is 22.3 Å². The molecular weight excluding hydrogens is 484 g/mol. The molecule has 1 fully saturated rings. The molecule has 9 N–H and O–H groups in total. The van der Waals surface area contributed by atoms with Crippen LogP contribution in [0.25, 0.3) is 5.70 Å². The van der Waals surface area contributed by atoms with Crippen LogP contribution in [0.4, 0.5) is 0 Å². The summed E-state index contributed by atoms with van der Waals surface area (Å²) in [6, 6.07) is 8.00. The predicted octanol–water partition coefficient (Wildman–Crippen LogP) is -0.928. The number of hydrogen-bond donors (Lipinski definition) is 7. The summed E-state index contributed by atoms with van der Waals surface area (Å²) in [5.41, 5.74) is 10.9. The van der Waals surface area contributed by atoms with Crippen LogP contribution in [0.3, 0.4) is 0 Å². The molecule has 1 saturated heterocycles. The van der Waals surface area contributed by atoms with Gasteiger partial charge in [0, 0.05) is 44.8 Å². The number of ether oxygens (including phenoxy) is 5. The van der Waals surface area contributed by atoms with Crippen molar-refractivity contribution in [1.82, 2.24) is 10.7 Å². The number of aliphatic hydroxyl groups excluding tert-OH is 3. The topological polar surface area (TPSA) is 183 Å². The summed E-state index contributed by atoms with van der Waals surface area (Å²) in [6.45, 7) is 4.70. The Bertz CT molecular complexity index is 696. The van der Waals surface area contributed by atoms with E-state index >= 15 is 0 Å². The standard InChI is InChI=1S/C24H42N4O7.CH4O/c25-6-9-31-11-13-33-14-12-32-10-7-27-17-23(28-26)20-3-1-19(2-4-20)5-8-34-24-16-21(30)15-22(18-29)35-24;1-2/h1-4,17,21-22,24,27-30H,5-16,18,25-26H2;2H,1H3/b23-17-;. The van der Waals surface area contributed by atoms with Gasteiger partial charge in [0.15, 0.2) is 6.29 Å². The highest BCUT2D eigenvalue weighted by atomic mass is 16.7. The van der Waals surface area contributed by atoms with Crippen LogP contribution in [-0.2, 0) is 30.1 Å². The Morgan fingerprint density at radius 1 is 1.00 bits per heavy atom. The Hall–Kier alpha value is -1.84. The summed E-state index contributed by atoms with van der Waals surface area (Å²) in [7, 11) is 1.00. The molecule has 0 bridgehead atoms. The summed E-state index contributed by atoms with van der Waals surface area (Å²) in [6.07, 6.45) is 2.00. The lowest BCUT2D eigenvalue weighted by Gasteiger charge is -2.32. The molecule has 37 heavy (non-hydrogen) atoms. The SMILES string of the molecule is CO.NCCOCCOCCOCCN/C=C(\NN)c1ccc(CCOC2CC(O)CC(CO)O2)cc1. The normalized spacial score (nSPS) is 19.7. The van der Waals surface area contributed by atoms with Crippen molar-refractivity contribution in [3.8, 4) is 0 Å². The number of benzene rings is 1. The molecule has 0 spiro atoms. The molecule has 0 radical (unpaired) electrons. The van der Waals surface area contributed by atoms with Gasteiger partial charge >= 0.3 is 0 Å². The number of rotatable bonds is 19. The molecule has 1 aromatic rings. The Morgan fingerprint density at radius 3 is 2.27 bits per heavy atom. The van der Waals surface area contributed by atoms with Gasteiger partial charge < -0.3 is 55.5 Å². The van der Waals surface area contributed by atoms with Crippen molar-refractivity contribution in [2.24, 2.45) is 11.6 Å². The fourth-order valence-electron chi connectivity index (χ4n) is 3.47. The van der Waals surface area contributed by atoms with Crippen LogP contribution in [0, 0.1) is 0 Å². The van der Waals surface area contributed by atoms with Crippen LogP contribution >= 0.6 is 0 Å². The molecule has 3 atom stereocenters. The number of hydrogen-bond acceptors (Lipinski definition) is 12. The first-order chi connectivity index (χ1) is 18.2. The lowest BCUT2D eigenvalue weighted by atomic mass is 10.1. The van der Waals surface area contributed by atoms with Crippen molar-refractivity contribution in [2.75, 3.05) is 73.1 Å². The number of nitrogens with one attached hydrogen (secondary N) is 2. The second kappa shape index (κ2) is 22.2. The zero-order chi connectivity index (χ0) is 27.1. The average molecular weight is 531 g/mol. The van der Waals surface area contributed by atoms with Crippen molar-refractivity contribution in [2.45, 2.75) is 37.8 Å². The zero-order valence-electron chi connectivity index (χ0n) is 21.8. The third-order valence-electron chi connectivity index (χ3n) is 5.31. The van der Waals surface area contributed by atoms with Gasteiger partial charge in [0.1, 0.15) is 0 Å². The summed E-state index contributed by atoms with van der Waals surface area (Å²) < 4.78 is 27.5. The third kappa shape index (κ3) is 15.2. The van der Waals surface area contributed by atoms with Gasteiger partial charge in [0.2, 0.25) is 0 Å². The third-order valence-corrected chi connectivity index (χ3v) is 5.31. The van der Waals surface area contributed by atoms with Gasteiger partial charge in [-0.05, 0) is 12.0 Å². The highest BCUT2D eigenvalue weighted by Crippen LogP contribution is 2.20. The molecule has 0 saturated carbocycles. The second-order valence-electron chi connectivity index (χ2n) is 8.10. The lowest BCUT2D eigenvalue weighted by molar-refractivity contribution is -0.221. The first kappa shape index (κ1) is 33.2. The maximum atomic E-state index is 9.85. The first-order valence-corrected chi connectivity index (χ1v) is 12.6. The molecule has 0 aliphatic carbocycles. The highest BCUT2D eigenvalue weighted by Gasteiger charge is 2.28. The Labute approximate surface area is 219 Å². The maximum Gasteiger partial charge on any atom is 0.160 e. The van der Waals surface area contributed by atoms with E-state index < -0.39 is 12.4 Å². The fraction of sp³-hybridized carbons (Fsp3) is 0.680. The van der Waals surface area contributed by atoms with Crippen LogP contribution in [0.5, 0.6) is 0 Å². The van der Waals surface area contributed by atoms with E-state index in [1.807, 2.05) is 30.5 Å². The summed E-state index contributed by atoms with van der Waals surface area (Å²) in [5.74, 6) is 5.68. The minimum Gasteiger partial charge on any atom is -0.400 e. The highest BCUT2D eigenvalue weighted by molar-refractivity contribution is 5.63. The van der Waals surface area contributed by atoms with Gasteiger partial charge in [-0.15, -0.1) is 0 Å². The predicted molar refractivity (Wildman–Crippen MR) is 140 cm³/mol. The molecule has 1 aliphatic rings. The molecule has 0 amide bonds. The van der Waals surface area contributed by atoms with E-state index in [1.54, 1.807) is 0 Å². The minimum atomic E-state index is -0.509. The maximum absolute atomic E-state index is 9.85. The summed E-state index contributed by atoms with van der Waals surface area (Å²) in [5, 5.41) is 29.3. The van der Waals surface area contributed by atoms with Gasteiger partial charge in [-0.25, -0.2) is 0 Å². The van der Waals surface area contributed by atoms with E-state index in [1.165, 1.54) is 0 Å². The van der Waals surface area contributed by atoms with Gasteiger partial charge in [0.05, 0.1) is 70.8 Å². The molecule has 1 aliphatic heterocycles. The first-order valence-electron chi connectivity index (χ1n) is 12.6. The van der Waals surface area contributed by atoms with E-state index in [0.29, 0.717) is 78.6 Å². The molecule has 3 unspecified atom stereocenters. The van der Waals surface area contributed by atoms with Crippen LogP contribution in [0.1, 0.15) is 24.0 Å². The fourth-order valence-corrected chi connectivity index (χ4v) is 3.47. The minimum absolute atomic E-state index is 0.118. The van der Waals surface area contributed by atoms with Crippen molar-refractivity contribution in [3.05, 3.63) is 41.6 Å². The van der Waals surface area contributed by atoms with Crippen LogP contribution in [0.15, 0.2) is 30.5 Å². The van der Waals surface area contributed by atoms with Gasteiger partial charge in [-0.1, -0.05) is 24.3 Å². The van der Waals surface area contributed by atoms with Crippen LogP contribution in [-0.4, -0.2) is 107 Å². The molecule has 214 valence electrons. The van der Waals surface area contributed by atoms with E-state index in [2.05, 4.69) is 10.7 Å². The number of nitrogens with two attached hydrogens (primary N) is 2. The molecular formula is C25H46N4O8. The van der Waals surface area contributed by atoms with E-state index in [-0.39, 0.29) is 12.7 Å². The monoisotopic (exact) mass is 530 g/mol. The number of aliphatic hydroxyl groups is 3. The van der Waals surface area contributed by atoms with Crippen LogP contribution in [0.2, 0.25) is 0 Å². The van der Waals surface area contributed by atoms with Gasteiger partial charge in [-0.2, -0.15) is 0 Å². The van der Waals surface area contributed by atoms with Crippen molar-refractivity contribution in [1.29, 1.82) is 0 Å². The van der Waals surface area contributed by atoms with Gasteiger partial charge in [-0.3, -0.25) is 5.84 Å².